The lowest BCUT2D eigenvalue weighted by Crippen LogP contribution is -2.40. The lowest BCUT2D eigenvalue weighted by Gasteiger charge is -2.32. The molecule has 0 saturated carbocycles. The molecule has 0 spiro atoms. The summed E-state index contributed by atoms with van der Waals surface area (Å²) in [6.45, 7) is 10.3. The summed E-state index contributed by atoms with van der Waals surface area (Å²) in [4.78, 5) is 1.50. The molecule has 0 aliphatic carbocycles. The van der Waals surface area contributed by atoms with Crippen LogP contribution in [0.4, 0.5) is 0 Å². The third kappa shape index (κ3) is 4.00. The summed E-state index contributed by atoms with van der Waals surface area (Å²) in [6, 6.07) is 9.50. The molecule has 0 aromatic heterocycles. The molecular formula is C17H27NS. The molecule has 0 bridgehead atoms. The van der Waals surface area contributed by atoms with Gasteiger partial charge in [-0.05, 0) is 42.9 Å². The maximum absolute atomic E-state index is 3.66. The van der Waals surface area contributed by atoms with Crippen molar-refractivity contribution in [1.29, 1.82) is 0 Å². The summed E-state index contributed by atoms with van der Waals surface area (Å²) in [5.41, 5.74) is 1.90. The molecule has 1 nitrogen and oxygen atoms in total. The number of rotatable bonds is 5. The van der Waals surface area contributed by atoms with E-state index in [0.29, 0.717) is 11.5 Å². The van der Waals surface area contributed by atoms with Crippen molar-refractivity contribution in [3.05, 3.63) is 29.8 Å². The standard InChI is InChI=1S/C17H27NS/c1-5-18-16(17(2,3)4)11-10-14-12-13-8-6-7-9-15(13)19-14/h6-9,14,16,18H,5,10-12H2,1-4H3. The summed E-state index contributed by atoms with van der Waals surface area (Å²) >= 11 is 2.08. The van der Waals surface area contributed by atoms with Gasteiger partial charge >= 0.3 is 0 Å². The zero-order valence-corrected chi connectivity index (χ0v) is 13.5. The molecule has 0 fully saturated rings. The zero-order chi connectivity index (χ0) is 13.9. The molecule has 1 aliphatic heterocycles. The Morgan fingerprint density at radius 3 is 2.68 bits per heavy atom. The topological polar surface area (TPSA) is 12.0 Å². The van der Waals surface area contributed by atoms with Gasteiger partial charge in [0.15, 0.2) is 0 Å². The molecule has 2 rings (SSSR count). The van der Waals surface area contributed by atoms with E-state index < -0.39 is 0 Å². The molecule has 1 aromatic carbocycles. The Balaban J connectivity index is 1.87. The van der Waals surface area contributed by atoms with Gasteiger partial charge in [0, 0.05) is 16.2 Å². The van der Waals surface area contributed by atoms with Crippen LogP contribution in [0.5, 0.6) is 0 Å². The highest BCUT2D eigenvalue weighted by atomic mass is 32.2. The minimum absolute atomic E-state index is 0.353. The lowest BCUT2D eigenvalue weighted by atomic mass is 9.83. The van der Waals surface area contributed by atoms with Crippen LogP contribution in [-0.2, 0) is 6.42 Å². The van der Waals surface area contributed by atoms with Gasteiger partial charge < -0.3 is 5.32 Å². The fourth-order valence-corrected chi connectivity index (χ4v) is 4.19. The summed E-state index contributed by atoms with van der Waals surface area (Å²) in [5, 5.41) is 4.44. The number of hydrogen-bond donors (Lipinski definition) is 1. The normalized spacial score (nSPS) is 20.3. The lowest BCUT2D eigenvalue weighted by molar-refractivity contribution is 0.254. The first-order chi connectivity index (χ1) is 9.00. The van der Waals surface area contributed by atoms with Crippen molar-refractivity contribution < 1.29 is 0 Å². The molecule has 2 unspecified atom stereocenters. The van der Waals surface area contributed by atoms with E-state index in [4.69, 9.17) is 0 Å². The van der Waals surface area contributed by atoms with Crippen molar-refractivity contribution in [1.82, 2.24) is 5.32 Å². The van der Waals surface area contributed by atoms with Crippen molar-refractivity contribution in [2.75, 3.05) is 6.54 Å². The van der Waals surface area contributed by atoms with Crippen LogP contribution < -0.4 is 5.32 Å². The van der Waals surface area contributed by atoms with Crippen molar-refractivity contribution in [2.45, 2.75) is 63.1 Å². The predicted octanol–water partition coefficient (Wildman–Crippen LogP) is 4.51. The fraction of sp³-hybridized carbons (Fsp3) is 0.647. The van der Waals surface area contributed by atoms with Crippen LogP contribution in [0, 0.1) is 5.41 Å². The van der Waals surface area contributed by atoms with E-state index >= 15 is 0 Å². The Morgan fingerprint density at radius 1 is 1.32 bits per heavy atom. The first kappa shape index (κ1) is 14.9. The van der Waals surface area contributed by atoms with E-state index in [-0.39, 0.29) is 0 Å². The number of benzene rings is 1. The Bertz CT molecular complexity index is 383. The van der Waals surface area contributed by atoms with Crippen molar-refractivity contribution >= 4 is 11.8 Å². The van der Waals surface area contributed by atoms with Crippen LogP contribution in [-0.4, -0.2) is 17.8 Å². The largest absolute Gasteiger partial charge is 0.314 e. The van der Waals surface area contributed by atoms with Crippen LogP contribution in [0.3, 0.4) is 0 Å². The summed E-state index contributed by atoms with van der Waals surface area (Å²) < 4.78 is 0. The average molecular weight is 277 g/mol. The van der Waals surface area contributed by atoms with E-state index in [1.54, 1.807) is 5.56 Å². The van der Waals surface area contributed by atoms with E-state index in [1.165, 1.54) is 24.2 Å². The van der Waals surface area contributed by atoms with Crippen LogP contribution in [0.25, 0.3) is 0 Å². The Kier molecular flexibility index (Phi) is 4.97. The quantitative estimate of drug-likeness (QED) is 0.850. The second kappa shape index (κ2) is 6.32. The summed E-state index contributed by atoms with van der Waals surface area (Å²) in [6.07, 6.45) is 3.85. The second-order valence-corrected chi connectivity index (χ2v) is 7.95. The molecule has 1 aliphatic rings. The molecule has 1 heterocycles. The highest BCUT2D eigenvalue weighted by Gasteiger charge is 2.27. The molecule has 0 saturated heterocycles. The Morgan fingerprint density at radius 2 is 2.05 bits per heavy atom. The van der Waals surface area contributed by atoms with E-state index in [2.05, 4.69) is 69.0 Å². The average Bonchev–Trinajstić information content (AvgIpc) is 2.75. The molecule has 0 radical (unpaired) electrons. The van der Waals surface area contributed by atoms with Crippen LogP contribution in [0.2, 0.25) is 0 Å². The van der Waals surface area contributed by atoms with Gasteiger partial charge in [-0.2, -0.15) is 0 Å². The number of fused-ring (bicyclic) bond motifs is 1. The molecule has 1 N–H and O–H groups in total. The van der Waals surface area contributed by atoms with Crippen LogP contribution in [0.1, 0.15) is 46.1 Å². The molecule has 106 valence electrons. The minimum atomic E-state index is 0.353. The van der Waals surface area contributed by atoms with Gasteiger partial charge in [0.1, 0.15) is 0 Å². The third-order valence-electron chi connectivity index (χ3n) is 3.99. The minimum Gasteiger partial charge on any atom is -0.314 e. The van der Waals surface area contributed by atoms with Gasteiger partial charge in [0.05, 0.1) is 0 Å². The molecule has 0 amide bonds. The molecule has 2 heteroatoms. The van der Waals surface area contributed by atoms with Crippen molar-refractivity contribution in [3.8, 4) is 0 Å². The van der Waals surface area contributed by atoms with E-state index in [9.17, 15) is 0 Å². The van der Waals surface area contributed by atoms with Crippen LogP contribution in [0.15, 0.2) is 29.2 Å². The van der Waals surface area contributed by atoms with Gasteiger partial charge in [0.2, 0.25) is 0 Å². The van der Waals surface area contributed by atoms with E-state index in [1.807, 2.05) is 0 Å². The fourth-order valence-electron chi connectivity index (χ4n) is 2.86. The van der Waals surface area contributed by atoms with Crippen molar-refractivity contribution in [2.24, 2.45) is 5.41 Å². The number of thioether (sulfide) groups is 1. The summed E-state index contributed by atoms with van der Waals surface area (Å²) in [5.74, 6) is 0. The Labute approximate surface area is 122 Å². The number of nitrogens with one attached hydrogen (secondary N) is 1. The maximum Gasteiger partial charge on any atom is 0.0136 e. The maximum atomic E-state index is 3.66. The monoisotopic (exact) mass is 277 g/mol. The van der Waals surface area contributed by atoms with Crippen LogP contribution >= 0.6 is 11.8 Å². The van der Waals surface area contributed by atoms with Gasteiger partial charge in [-0.15, -0.1) is 11.8 Å². The van der Waals surface area contributed by atoms with Gasteiger partial charge in [-0.25, -0.2) is 0 Å². The second-order valence-electron chi connectivity index (χ2n) is 6.61. The highest BCUT2D eigenvalue weighted by molar-refractivity contribution is 8.00. The SMILES string of the molecule is CCNC(CCC1Cc2ccccc2S1)C(C)(C)C. The molecule has 19 heavy (non-hydrogen) atoms. The molecule has 1 aromatic rings. The predicted molar refractivity (Wildman–Crippen MR) is 85.9 cm³/mol. The van der Waals surface area contributed by atoms with Gasteiger partial charge in [0.25, 0.3) is 0 Å². The van der Waals surface area contributed by atoms with E-state index in [0.717, 1.165) is 11.8 Å². The number of hydrogen-bond acceptors (Lipinski definition) is 2. The first-order valence-electron chi connectivity index (χ1n) is 7.48. The van der Waals surface area contributed by atoms with Gasteiger partial charge in [-0.3, -0.25) is 0 Å². The molecule has 2 atom stereocenters. The third-order valence-corrected chi connectivity index (χ3v) is 5.37. The molecular weight excluding hydrogens is 250 g/mol. The summed E-state index contributed by atoms with van der Waals surface area (Å²) in [7, 11) is 0. The first-order valence-corrected chi connectivity index (χ1v) is 8.36. The smallest absolute Gasteiger partial charge is 0.0136 e. The zero-order valence-electron chi connectivity index (χ0n) is 12.7. The van der Waals surface area contributed by atoms with Gasteiger partial charge in [-0.1, -0.05) is 45.9 Å². The van der Waals surface area contributed by atoms with Crippen molar-refractivity contribution in [3.63, 3.8) is 0 Å². The Hall–Kier alpha value is -0.470. The highest BCUT2D eigenvalue weighted by Crippen LogP contribution is 2.39.